The van der Waals surface area contributed by atoms with Gasteiger partial charge in [0.25, 0.3) is 0 Å². The molecule has 0 radical (unpaired) electrons. The van der Waals surface area contributed by atoms with Crippen LogP contribution >= 0.6 is 0 Å². The molecule has 1 fully saturated rings. The van der Waals surface area contributed by atoms with Crippen LogP contribution in [0, 0.1) is 5.41 Å². The molecule has 0 spiro atoms. The van der Waals surface area contributed by atoms with Gasteiger partial charge < -0.3 is 15.1 Å². The first-order valence-corrected chi connectivity index (χ1v) is 6.42. The van der Waals surface area contributed by atoms with E-state index in [0.29, 0.717) is 5.41 Å². The van der Waals surface area contributed by atoms with Crippen LogP contribution < -0.4 is 5.73 Å². The molecular weight excluding hydrogens is 226 g/mol. The minimum absolute atomic E-state index is 0.394. The van der Waals surface area contributed by atoms with Crippen molar-refractivity contribution in [3.05, 3.63) is 30.2 Å². The van der Waals surface area contributed by atoms with Crippen LogP contribution in [0.3, 0.4) is 0 Å². The molecule has 0 unspecified atom stereocenters. The Morgan fingerprint density at radius 2 is 2.28 bits per heavy atom. The number of fused-ring (bicyclic) bond motifs is 1. The minimum atomic E-state index is 0.394. The third-order valence-electron chi connectivity index (χ3n) is 3.84. The molecule has 1 saturated carbocycles. The summed E-state index contributed by atoms with van der Waals surface area (Å²) in [5.41, 5.74) is 9.25. The number of rotatable bonds is 5. The smallest absolute Gasteiger partial charge is 0.181 e. The summed E-state index contributed by atoms with van der Waals surface area (Å²) in [6, 6.07) is 6.20. The maximum Gasteiger partial charge on any atom is 0.181 e. The Bertz CT molecular complexity index is 545. The lowest BCUT2D eigenvalue weighted by molar-refractivity contribution is 0.259. The molecule has 0 saturated heterocycles. The predicted molar refractivity (Wildman–Crippen MR) is 71.1 cm³/mol. The SMILES string of the molecule is CN(Cc1ccc2ncoc2c1)CC1(CN)CC1. The summed E-state index contributed by atoms with van der Waals surface area (Å²) in [4.78, 5) is 6.47. The molecule has 96 valence electrons. The lowest BCUT2D eigenvalue weighted by Crippen LogP contribution is -2.31. The monoisotopic (exact) mass is 245 g/mol. The summed E-state index contributed by atoms with van der Waals surface area (Å²) >= 11 is 0. The molecule has 0 bridgehead atoms. The van der Waals surface area contributed by atoms with Crippen LogP contribution in [0.4, 0.5) is 0 Å². The number of benzene rings is 1. The van der Waals surface area contributed by atoms with Gasteiger partial charge in [-0.1, -0.05) is 6.07 Å². The van der Waals surface area contributed by atoms with Gasteiger partial charge in [-0.25, -0.2) is 4.98 Å². The van der Waals surface area contributed by atoms with E-state index in [-0.39, 0.29) is 0 Å². The second-order valence-electron chi connectivity index (χ2n) is 5.53. The lowest BCUT2D eigenvalue weighted by atomic mass is 10.1. The zero-order chi connectivity index (χ0) is 12.6. The van der Waals surface area contributed by atoms with E-state index in [1.165, 1.54) is 24.8 Å². The van der Waals surface area contributed by atoms with Crippen molar-refractivity contribution in [3.63, 3.8) is 0 Å². The van der Waals surface area contributed by atoms with E-state index in [1.807, 2.05) is 6.07 Å². The molecule has 0 atom stereocenters. The molecule has 4 heteroatoms. The molecule has 0 aliphatic heterocycles. The van der Waals surface area contributed by atoms with Crippen molar-refractivity contribution in [1.29, 1.82) is 0 Å². The van der Waals surface area contributed by atoms with Crippen molar-refractivity contribution in [1.82, 2.24) is 9.88 Å². The molecule has 4 nitrogen and oxygen atoms in total. The van der Waals surface area contributed by atoms with Crippen LogP contribution in [0.5, 0.6) is 0 Å². The Morgan fingerprint density at radius 3 is 3.00 bits per heavy atom. The lowest BCUT2D eigenvalue weighted by Gasteiger charge is -2.22. The van der Waals surface area contributed by atoms with Gasteiger partial charge in [-0.15, -0.1) is 0 Å². The zero-order valence-electron chi connectivity index (χ0n) is 10.7. The number of nitrogens with zero attached hydrogens (tertiary/aromatic N) is 2. The van der Waals surface area contributed by atoms with E-state index < -0.39 is 0 Å². The Labute approximate surface area is 107 Å². The van der Waals surface area contributed by atoms with Gasteiger partial charge in [0.1, 0.15) is 5.52 Å². The van der Waals surface area contributed by atoms with Gasteiger partial charge in [-0.05, 0) is 49.5 Å². The van der Waals surface area contributed by atoms with Gasteiger partial charge in [0, 0.05) is 13.1 Å². The number of aromatic nitrogens is 1. The van der Waals surface area contributed by atoms with Crippen LogP contribution in [0.2, 0.25) is 0 Å². The molecule has 1 aromatic carbocycles. The first-order chi connectivity index (χ1) is 8.71. The first-order valence-electron chi connectivity index (χ1n) is 6.42. The highest BCUT2D eigenvalue weighted by atomic mass is 16.3. The first kappa shape index (κ1) is 11.7. The molecule has 3 rings (SSSR count). The molecular formula is C14H19N3O. The van der Waals surface area contributed by atoms with E-state index >= 15 is 0 Å². The molecule has 1 heterocycles. The maximum atomic E-state index is 5.82. The van der Waals surface area contributed by atoms with Gasteiger partial charge in [-0.3, -0.25) is 0 Å². The normalized spacial score (nSPS) is 17.5. The van der Waals surface area contributed by atoms with Gasteiger partial charge in [0.2, 0.25) is 0 Å². The van der Waals surface area contributed by atoms with Crippen molar-refractivity contribution in [2.45, 2.75) is 19.4 Å². The standard InChI is InChI=1S/C14H19N3O/c1-17(9-14(8-15)4-5-14)7-11-2-3-12-13(6-11)18-10-16-12/h2-3,6,10H,4-5,7-9,15H2,1H3. The molecule has 0 amide bonds. The van der Waals surface area contributed by atoms with Crippen LogP contribution in [0.15, 0.2) is 29.0 Å². The Morgan fingerprint density at radius 1 is 1.44 bits per heavy atom. The van der Waals surface area contributed by atoms with Gasteiger partial charge >= 0.3 is 0 Å². The average Bonchev–Trinajstić information content (AvgIpc) is 2.97. The maximum absolute atomic E-state index is 5.82. The zero-order valence-corrected chi connectivity index (χ0v) is 10.7. The van der Waals surface area contributed by atoms with Crippen molar-refractivity contribution in [3.8, 4) is 0 Å². The third kappa shape index (κ3) is 2.26. The number of hydrogen-bond acceptors (Lipinski definition) is 4. The van der Waals surface area contributed by atoms with Crippen molar-refractivity contribution >= 4 is 11.1 Å². The quantitative estimate of drug-likeness (QED) is 0.875. The Hall–Kier alpha value is -1.39. The average molecular weight is 245 g/mol. The summed E-state index contributed by atoms with van der Waals surface area (Å²) in [5.74, 6) is 0. The number of nitrogens with two attached hydrogens (primary N) is 1. The highest BCUT2D eigenvalue weighted by molar-refractivity contribution is 5.72. The molecule has 2 N–H and O–H groups in total. The van der Waals surface area contributed by atoms with E-state index in [0.717, 1.165) is 30.7 Å². The molecule has 2 aromatic rings. The van der Waals surface area contributed by atoms with Crippen molar-refractivity contribution in [2.24, 2.45) is 11.1 Å². The summed E-state index contributed by atoms with van der Waals surface area (Å²) in [5, 5.41) is 0. The Balaban J connectivity index is 1.67. The molecule has 1 aliphatic carbocycles. The molecule has 1 aromatic heterocycles. The van der Waals surface area contributed by atoms with Crippen LogP contribution in [0.25, 0.3) is 11.1 Å². The minimum Gasteiger partial charge on any atom is -0.443 e. The Kier molecular flexibility index (Phi) is 2.84. The summed E-state index contributed by atoms with van der Waals surface area (Å²) in [6.45, 7) is 2.81. The second kappa shape index (κ2) is 4.37. The number of hydrogen-bond donors (Lipinski definition) is 1. The second-order valence-corrected chi connectivity index (χ2v) is 5.53. The summed E-state index contributed by atoms with van der Waals surface area (Å²) in [6.07, 6.45) is 4.04. The fourth-order valence-corrected chi connectivity index (χ4v) is 2.54. The van der Waals surface area contributed by atoms with Crippen LogP contribution in [0.1, 0.15) is 18.4 Å². The highest BCUT2D eigenvalue weighted by Gasteiger charge is 2.41. The summed E-state index contributed by atoms with van der Waals surface area (Å²) < 4.78 is 5.32. The molecule has 18 heavy (non-hydrogen) atoms. The van der Waals surface area contributed by atoms with E-state index in [9.17, 15) is 0 Å². The van der Waals surface area contributed by atoms with Crippen molar-refractivity contribution < 1.29 is 4.42 Å². The number of oxazole rings is 1. The van der Waals surface area contributed by atoms with Gasteiger partial charge in [0.05, 0.1) is 0 Å². The van der Waals surface area contributed by atoms with Gasteiger partial charge in [-0.2, -0.15) is 0 Å². The van der Waals surface area contributed by atoms with E-state index in [2.05, 4.69) is 29.1 Å². The van der Waals surface area contributed by atoms with E-state index in [1.54, 1.807) is 0 Å². The van der Waals surface area contributed by atoms with E-state index in [4.69, 9.17) is 10.2 Å². The highest BCUT2D eigenvalue weighted by Crippen LogP contribution is 2.45. The fourth-order valence-electron chi connectivity index (χ4n) is 2.54. The largest absolute Gasteiger partial charge is 0.443 e. The third-order valence-corrected chi connectivity index (χ3v) is 3.84. The van der Waals surface area contributed by atoms with Gasteiger partial charge in [0.15, 0.2) is 12.0 Å². The topological polar surface area (TPSA) is 55.3 Å². The molecule has 1 aliphatic rings. The summed E-state index contributed by atoms with van der Waals surface area (Å²) in [7, 11) is 2.15. The van der Waals surface area contributed by atoms with Crippen LogP contribution in [-0.4, -0.2) is 30.0 Å². The van der Waals surface area contributed by atoms with Crippen LogP contribution in [-0.2, 0) is 6.54 Å². The van der Waals surface area contributed by atoms with Crippen molar-refractivity contribution in [2.75, 3.05) is 20.1 Å². The predicted octanol–water partition coefficient (Wildman–Crippen LogP) is 2.00. The fraction of sp³-hybridized carbons (Fsp3) is 0.500.